The highest BCUT2D eigenvalue weighted by Gasteiger charge is 2.36. The Morgan fingerprint density at radius 2 is 2.21 bits per heavy atom. The third-order valence-corrected chi connectivity index (χ3v) is 5.02. The van der Waals surface area contributed by atoms with Crippen molar-refractivity contribution in [3.05, 3.63) is 29.8 Å². The van der Waals surface area contributed by atoms with E-state index in [2.05, 4.69) is 5.32 Å². The fourth-order valence-electron chi connectivity index (χ4n) is 3.20. The second-order valence-corrected chi connectivity index (χ2v) is 6.22. The normalized spacial score (nSPS) is 26.3. The zero-order valence-electron chi connectivity index (χ0n) is 11.3. The lowest BCUT2D eigenvalue weighted by molar-refractivity contribution is 0.0782. The third kappa shape index (κ3) is 2.51. The summed E-state index contributed by atoms with van der Waals surface area (Å²) in [6.07, 6.45) is 4.52. The Morgan fingerprint density at radius 1 is 1.37 bits per heavy atom. The van der Waals surface area contributed by atoms with Crippen molar-refractivity contribution in [2.75, 3.05) is 25.9 Å². The topological polar surface area (TPSA) is 32.3 Å². The van der Waals surface area contributed by atoms with Gasteiger partial charge in [0, 0.05) is 24.0 Å². The van der Waals surface area contributed by atoms with E-state index in [1.54, 1.807) is 11.8 Å². The van der Waals surface area contributed by atoms with E-state index in [-0.39, 0.29) is 5.91 Å². The van der Waals surface area contributed by atoms with Gasteiger partial charge in [-0.1, -0.05) is 12.1 Å². The molecule has 2 saturated heterocycles. The van der Waals surface area contributed by atoms with E-state index in [1.165, 1.54) is 12.8 Å². The van der Waals surface area contributed by atoms with Crippen LogP contribution in [-0.4, -0.2) is 42.7 Å². The van der Waals surface area contributed by atoms with Gasteiger partial charge in [0.05, 0.1) is 5.56 Å². The van der Waals surface area contributed by atoms with Crippen molar-refractivity contribution in [2.24, 2.45) is 5.92 Å². The first-order chi connectivity index (χ1) is 9.29. The van der Waals surface area contributed by atoms with Gasteiger partial charge in [0.1, 0.15) is 0 Å². The fourth-order valence-corrected chi connectivity index (χ4v) is 3.79. The van der Waals surface area contributed by atoms with Gasteiger partial charge >= 0.3 is 0 Å². The lowest BCUT2D eigenvalue weighted by atomic mass is 9.94. The summed E-state index contributed by atoms with van der Waals surface area (Å²) in [7, 11) is 0. The van der Waals surface area contributed by atoms with Crippen LogP contribution in [0.25, 0.3) is 0 Å². The number of hydrogen-bond acceptors (Lipinski definition) is 3. The van der Waals surface area contributed by atoms with Crippen LogP contribution in [0.4, 0.5) is 0 Å². The van der Waals surface area contributed by atoms with E-state index in [4.69, 9.17) is 0 Å². The molecule has 2 aliphatic rings. The van der Waals surface area contributed by atoms with E-state index in [9.17, 15) is 4.79 Å². The van der Waals surface area contributed by atoms with E-state index < -0.39 is 0 Å². The first-order valence-electron chi connectivity index (χ1n) is 6.95. The van der Waals surface area contributed by atoms with Crippen molar-refractivity contribution >= 4 is 17.7 Å². The van der Waals surface area contributed by atoms with E-state index in [0.29, 0.717) is 12.0 Å². The lowest BCUT2D eigenvalue weighted by Gasteiger charge is -2.24. The minimum atomic E-state index is 0.196. The van der Waals surface area contributed by atoms with Crippen LogP contribution in [-0.2, 0) is 0 Å². The number of thioether (sulfide) groups is 1. The van der Waals surface area contributed by atoms with Crippen LogP contribution in [0.15, 0.2) is 29.2 Å². The molecule has 4 heteroatoms. The molecule has 3 rings (SSSR count). The smallest absolute Gasteiger partial charge is 0.255 e. The number of piperidine rings is 1. The minimum Gasteiger partial charge on any atom is -0.337 e. The quantitative estimate of drug-likeness (QED) is 0.841. The summed E-state index contributed by atoms with van der Waals surface area (Å²) < 4.78 is 0. The number of rotatable bonds is 2. The third-order valence-electron chi connectivity index (χ3n) is 4.22. The Balaban J connectivity index is 1.77. The number of nitrogens with zero attached hydrogens (tertiary/aromatic N) is 1. The molecule has 2 aliphatic heterocycles. The first-order valence-corrected chi connectivity index (χ1v) is 8.17. The summed E-state index contributed by atoms with van der Waals surface area (Å²) in [5, 5.41) is 3.55. The number of nitrogens with one attached hydrogen (secondary N) is 1. The summed E-state index contributed by atoms with van der Waals surface area (Å²) in [4.78, 5) is 15.8. The van der Waals surface area contributed by atoms with E-state index in [1.807, 2.05) is 35.4 Å². The van der Waals surface area contributed by atoms with Crippen molar-refractivity contribution in [2.45, 2.75) is 23.8 Å². The van der Waals surface area contributed by atoms with Gasteiger partial charge < -0.3 is 10.2 Å². The Hall–Kier alpha value is -1.00. The summed E-state index contributed by atoms with van der Waals surface area (Å²) in [6, 6.07) is 8.43. The molecule has 19 heavy (non-hydrogen) atoms. The summed E-state index contributed by atoms with van der Waals surface area (Å²) in [5.41, 5.74) is 0.855. The molecule has 1 N–H and O–H groups in total. The fraction of sp³-hybridized carbons (Fsp3) is 0.533. The van der Waals surface area contributed by atoms with Crippen LogP contribution >= 0.6 is 11.8 Å². The highest BCUT2D eigenvalue weighted by Crippen LogP contribution is 2.28. The molecule has 0 unspecified atom stereocenters. The Bertz CT molecular complexity index is 463. The van der Waals surface area contributed by atoms with Gasteiger partial charge in [0.25, 0.3) is 5.91 Å². The van der Waals surface area contributed by atoms with Crippen molar-refractivity contribution in [1.29, 1.82) is 0 Å². The largest absolute Gasteiger partial charge is 0.337 e. The number of benzene rings is 1. The van der Waals surface area contributed by atoms with Gasteiger partial charge in [-0.25, -0.2) is 0 Å². The molecule has 0 radical (unpaired) electrons. The zero-order chi connectivity index (χ0) is 13.2. The standard InChI is InChI=1S/C15H20N2OS/c1-19-14-7-3-2-6-12(14)15(18)17-9-11-5-4-8-16-13(11)10-17/h2-3,6-7,11,13,16H,4-5,8-10H2,1H3/t11-,13+/m0/s1. The summed E-state index contributed by atoms with van der Waals surface area (Å²) in [6.45, 7) is 2.88. The molecule has 1 aromatic carbocycles. The predicted octanol–water partition coefficient (Wildman–Crippen LogP) is 2.23. The molecular formula is C15H20N2OS. The maximum Gasteiger partial charge on any atom is 0.255 e. The molecular weight excluding hydrogens is 256 g/mol. The van der Waals surface area contributed by atoms with Crippen LogP contribution in [0.2, 0.25) is 0 Å². The van der Waals surface area contributed by atoms with Crippen LogP contribution in [0, 0.1) is 5.92 Å². The monoisotopic (exact) mass is 276 g/mol. The number of fused-ring (bicyclic) bond motifs is 1. The molecule has 0 aromatic heterocycles. The van der Waals surface area contributed by atoms with Crippen LogP contribution in [0.1, 0.15) is 23.2 Å². The Kier molecular flexibility index (Phi) is 3.80. The maximum atomic E-state index is 12.7. The molecule has 2 fully saturated rings. The van der Waals surface area contributed by atoms with Crippen molar-refractivity contribution < 1.29 is 4.79 Å². The predicted molar refractivity (Wildman–Crippen MR) is 78.6 cm³/mol. The second kappa shape index (κ2) is 5.55. The number of likely N-dealkylation sites (tertiary alicyclic amines) is 1. The van der Waals surface area contributed by atoms with Gasteiger partial charge in [-0.2, -0.15) is 0 Å². The zero-order valence-corrected chi connectivity index (χ0v) is 12.1. The summed E-state index contributed by atoms with van der Waals surface area (Å²) in [5.74, 6) is 0.847. The molecule has 3 nitrogen and oxygen atoms in total. The van der Waals surface area contributed by atoms with E-state index in [0.717, 1.165) is 30.1 Å². The second-order valence-electron chi connectivity index (χ2n) is 5.37. The van der Waals surface area contributed by atoms with Crippen LogP contribution in [0.3, 0.4) is 0 Å². The molecule has 0 aliphatic carbocycles. The highest BCUT2D eigenvalue weighted by atomic mass is 32.2. The van der Waals surface area contributed by atoms with Gasteiger partial charge in [0.2, 0.25) is 0 Å². The van der Waals surface area contributed by atoms with Crippen molar-refractivity contribution in [3.8, 4) is 0 Å². The maximum absolute atomic E-state index is 12.7. The van der Waals surface area contributed by atoms with Crippen LogP contribution < -0.4 is 5.32 Å². The van der Waals surface area contributed by atoms with Crippen molar-refractivity contribution in [3.63, 3.8) is 0 Å². The summed E-state index contributed by atoms with van der Waals surface area (Å²) >= 11 is 1.64. The average Bonchev–Trinajstić information content (AvgIpc) is 2.90. The minimum absolute atomic E-state index is 0.196. The SMILES string of the molecule is CSc1ccccc1C(=O)N1C[C@@H]2CCCN[C@@H]2C1. The molecule has 1 amide bonds. The number of amides is 1. The molecule has 0 spiro atoms. The first kappa shape index (κ1) is 13.0. The molecule has 0 saturated carbocycles. The average molecular weight is 276 g/mol. The molecule has 102 valence electrons. The van der Waals surface area contributed by atoms with Gasteiger partial charge in [-0.15, -0.1) is 11.8 Å². The molecule has 1 aromatic rings. The lowest BCUT2D eigenvalue weighted by Crippen LogP contribution is -2.41. The Morgan fingerprint density at radius 3 is 3.00 bits per heavy atom. The number of carbonyl (C=O) groups excluding carboxylic acids is 1. The van der Waals surface area contributed by atoms with Crippen molar-refractivity contribution in [1.82, 2.24) is 10.2 Å². The number of carbonyl (C=O) groups is 1. The molecule has 0 bridgehead atoms. The van der Waals surface area contributed by atoms with Gasteiger partial charge in [-0.05, 0) is 43.7 Å². The van der Waals surface area contributed by atoms with Crippen LogP contribution in [0.5, 0.6) is 0 Å². The van der Waals surface area contributed by atoms with Gasteiger partial charge in [-0.3, -0.25) is 4.79 Å². The van der Waals surface area contributed by atoms with E-state index >= 15 is 0 Å². The Labute approximate surface area is 118 Å². The molecule has 2 heterocycles. The molecule has 2 atom stereocenters. The van der Waals surface area contributed by atoms with Gasteiger partial charge in [0.15, 0.2) is 0 Å². The number of hydrogen-bond donors (Lipinski definition) is 1. The highest BCUT2D eigenvalue weighted by molar-refractivity contribution is 7.98.